The summed E-state index contributed by atoms with van der Waals surface area (Å²) in [5.41, 5.74) is 0.174. The minimum absolute atomic E-state index is 0.0234. The van der Waals surface area contributed by atoms with Crippen molar-refractivity contribution in [3.8, 4) is 0 Å². The van der Waals surface area contributed by atoms with Gasteiger partial charge in [-0.05, 0) is 19.4 Å². The maximum Gasteiger partial charge on any atom is 0.247 e. The van der Waals surface area contributed by atoms with Crippen LogP contribution in [0.3, 0.4) is 0 Å². The Labute approximate surface area is 89.8 Å². The Hall–Kier alpha value is -1.36. The summed E-state index contributed by atoms with van der Waals surface area (Å²) in [5, 5.41) is 13.1. The third-order valence-electron chi connectivity index (χ3n) is 2.12. The van der Waals surface area contributed by atoms with Gasteiger partial charge >= 0.3 is 0 Å². The van der Waals surface area contributed by atoms with Crippen molar-refractivity contribution in [3.63, 3.8) is 0 Å². The lowest BCUT2D eigenvalue weighted by atomic mass is 10.1. The molecule has 0 aromatic heterocycles. The van der Waals surface area contributed by atoms with E-state index in [4.69, 9.17) is 0 Å². The summed E-state index contributed by atoms with van der Waals surface area (Å²) in [6, 6.07) is 0. The van der Waals surface area contributed by atoms with E-state index in [9.17, 15) is 14.7 Å². The van der Waals surface area contributed by atoms with Crippen molar-refractivity contribution in [2.75, 3.05) is 27.2 Å². The van der Waals surface area contributed by atoms with Crippen molar-refractivity contribution in [1.82, 2.24) is 5.32 Å². The number of rotatable bonds is 5. The van der Waals surface area contributed by atoms with Crippen LogP contribution < -0.4 is 15.3 Å². The summed E-state index contributed by atoms with van der Waals surface area (Å²) in [5.74, 6) is -1.65. The number of carboxylic acid groups (broad SMARTS) is 1. The van der Waals surface area contributed by atoms with Crippen LogP contribution in [-0.4, -0.2) is 39.1 Å². The quantitative estimate of drug-likeness (QED) is 0.490. The summed E-state index contributed by atoms with van der Waals surface area (Å²) in [6.07, 6.45) is 0. The highest BCUT2D eigenvalue weighted by Gasteiger charge is 2.08. The van der Waals surface area contributed by atoms with Crippen LogP contribution in [0.5, 0.6) is 0 Å². The molecule has 0 fully saturated rings. The fourth-order valence-electron chi connectivity index (χ4n) is 0.882. The first-order valence-corrected chi connectivity index (χ1v) is 4.82. The Morgan fingerprint density at radius 3 is 2.13 bits per heavy atom. The number of likely N-dealkylation sites (N-methyl/N-ethyl adjacent to an activating group) is 1. The number of hydrogen-bond donors (Lipinski definition) is 2. The number of hydrogen-bond acceptors (Lipinski definition) is 3. The summed E-state index contributed by atoms with van der Waals surface area (Å²) < 4.78 is 0. The number of carboxylic acids is 1. The molecule has 0 heterocycles. The summed E-state index contributed by atoms with van der Waals surface area (Å²) >= 11 is 0. The first-order chi connectivity index (χ1) is 6.86. The molecule has 15 heavy (non-hydrogen) atoms. The highest BCUT2D eigenvalue weighted by Crippen LogP contribution is 2.01. The van der Waals surface area contributed by atoms with Gasteiger partial charge in [0.2, 0.25) is 5.91 Å². The molecule has 0 saturated carbocycles. The predicted molar refractivity (Wildman–Crippen MR) is 54.1 cm³/mol. The molecule has 0 rings (SSSR count). The molecule has 0 unspecified atom stereocenters. The maximum atomic E-state index is 11.4. The van der Waals surface area contributed by atoms with E-state index in [0.29, 0.717) is 6.54 Å². The Balaban J connectivity index is 4.22. The first-order valence-electron chi connectivity index (χ1n) is 4.82. The highest BCUT2D eigenvalue weighted by molar-refractivity contribution is 6.00. The number of nitrogens with one attached hydrogen (secondary N) is 2. The third-order valence-corrected chi connectivity index (χ3v) is 2.12. The van der Waals surface area contributed by atoms with Gasteiger partial charge in [-0.15, -0.1) is 0 Å². The molecule has 0 spiro atoms. The van der Waals surface area contributed by atoms with Crippen LogP contribution in [0.4, 0.5) is 0 Å². The average Bonchev–Trinajstić information content (AvgIpc) is 2.14. The molecule has 0 aliphatic rings. The zero-order valence-electron chi connectivity index (χ0n) is 9.64. The topological polar surface area (TPSA) is 73.7 Å². The highest BCUT2D eigenvalue weighted by atomic mass is 16.4. The fraction of sp³-hybridized carbons (Fsp3) is 0.600. The standard InChI is InChI=1S/C10H18N2O3/c1-7(8(2)10(14)15)9(13)11-5-6-12(3)4/h5-6H2,1-4H3,(H,11,13)(H,14,15)/b8-7-. The second-order valence-corrected chi connectivity index (χ2v) is 3.75. The van der Waals surface area contributed by atoms with E-state index >= 15 is 0 Å². The van der Waals surface area contributed by atoms with Gasteiger partial charge in [0.05, 0.1) is 33.2 Å². The number of carbonyl (C=O) groups is 2. The maximum absolute atomic E-state index is 11.4. The van der Waals surface area contributed by atoms with E-state index in [0.717, 1.165) is 6.54 Å². The number of aliphatic carboxylic acids is 1. The lowest BCUT2D eigenvalue weighted by molar-refractivity contribution is -0.856. The lowest BCUT2D eigenvalue weighted by Crippen LogP contribution is -3.06. The van der Waals surface area contributed by atoms with E-state index in [1.165, 1.54) is 18.7 Å². The van der Waals surface area contributed by atoms with Crippen molar-refractivity contribution >= 4 is 11.9 Å². The monoisotopic (exact) mass is 214 g/mol. The van der Waals surface area contributed by atoms with Crippen LogP contribution in [0.2, 0.25) is 0 Å². The van der Waals surface area contributed by atoms with E-state index in [1.807, 2.05) is 14.1 Å². The van der Waals surface area contributed by atoms with Crippen LogP contribution in [0.25, 0.3) is 0 Å². The van der Waals surface area contributed by atoms with Crippen LogP contribution in [-0.2, 0) is 9.59 Å². The molecular formula is C10H18N2O3. The molecule has 0 aromatic rings. The molecule has 2 N–H and O–H groups in total. The lowest BCUT2D eigenvalue weighted by Gasteiger charge is -2.11. The second-order valence-electron chi connectivity index (χ2n) is 3.75. The summed E-state index contributed by atoms with van der Waals surface area (Å²) in [4.78, 5) is 23.1. The van der Waals surface area contributed by atoms with Crippen molar-refractivity contribution in [1.29, 1.82) is 0 Å². The number of quaternary nitrogens is 1. The number of carbonyl (C=O) groups excluding carboxylic acids is 2. The molecule has 0 aliphatic carbocycles. The zero-order valence-corrected chi connectivity index (χ0v) is 9.64. The van der Waals surface area contributed by atoms with Gasteiger partial charge in [0.25, 0.3) is 0 Å². The molecule has 1 amide bonds. The van der Waals surface area contributed by atoms with Crippen LogP contribution in [0.15, 0.2) is 11.1 Å². The van der Waals surface area contributed by atoms with Gasteiger partial charge in [0.15, 0.2) is 0 Å². The molecule has 0 atom stereocenters. The van der Waals surface area contributed by atoms with Crippen molar-refractivity contribution < 1.29 is 19.6 Å². The van der Waals surface area contributed by atoms with Gasteiger partial charge in [-0.1, -0.05) is 0 Å². The molecule has 0 aromatic carbocycles. The van der Waals surface area contributed by atoms with Gasteiger partial charge < -0.3 is 20.1 Å². The Morgan fingerprint density at radius 1 is 1.20 bits per heavy atom. The van der Waals surface area contributed by atoms with Crippen molar-refractivity contribution in [2.24, 2.45) is 0 Å². The molecule has 5 heteroatoms. The molecular weight excluding hydrogens is 196 g/mol. The zero-order chi connectivity index (χ0) is 12.0. The molecule has 0 aliphatic heterocycles. The minimum atomic E-state index is -1.30. The third kappa shape index (κ3) is 5.17. The van der Waals surface area contributed by atoms with Gasteiger partial charge in [-0.2, -0.15) is 0 Å². The van der Waals surface area contributed by atoms with Crippen molar-refractivity contribution in [3.05, 3.63) is 11.1 Å². The Morgan fingerprint density at radius 2 is 1.73 bits per heavy atom. The van der Waals surface area contributed by atoms with Crippen LogP contribution in [0.1, 0.15) is 13.8 Å². The Bertz CT molecular complexity index is 282. The smallest absolute Gasteiger partial charge is 0.247 e. The van der Waals surface area contributed by atoms with Gasteiger partial charge in [-0.3, -0.25) is 4.79 Å². The van der Waals surface area contributed by atoms with Crippen molar-refractivity contribution in [2.45, 2.75) is 13.8 Å². The fourth-order valence-corrected chi connectivity index (χ4v) is 0.882. The SMILES string of the molecule is C/C(C(=O)[O-])=C(\C)C(=O)NCC[NH+](C)C. The van der Waals surface area contributed by atoms with Crippen LogP contribution in [0, 0.1) is 0 Å². The van der Waals surface area contributed by atoms with Gasteiger partial charge in [0.1, 0.15) is 0 Å². The molecule has 0 bridgehead atoms. The number of amides is 1. The molecule has 0 radical (unpaired) electrons. The largest absolute Gasteiger partial charge is 0.545 e. The normalized spacial score (nSPS) is 12.3. The van der Waals surface area contributed by atoms with Gasteiger partial charge in [-0.25, -0.2) is 0 Å². The first kappa shape index (κ1) is 13.6. The average molecular weight is 214 g/mol. The predicted octanol–water partition coefficient (Wildman–Crippen LogP) is -2.67. The second kappa shape index (κ2) is 6.19. The van der Waals surface area contributed by atoms with E-state index in [-0.39, 0.29) is 17.1 Å². The van der Waals surface area contributed by atoms with E-state index in [1.54, 1.807) is 0 Å². The minimum Gasteiger partial charge on any atom is -0.545 e. The molecule has 86 valence electrons. The summed E-state index contributed by atoms with van der Waals surface area (Å²) in [7, 11) is 3.95. The Kier molecular flexibility index (Phi) is 5.62. The molecule has 0 saturated heterocycles. The van der Waals surface area contributed by atoms with E-state index in [2.05, 4.69) is 5.32 Å². The van der Waals surface area contributed by atoms with E-state index < -0.39 is 5.97 Å². The van der Waals surface area contributed by atoms with Gasteiger partial charge in [0, 0.05) is 5.57 Å². The molecule has 5 nitrogen and oxygen atoms in total. The van der Waals surface area contributed by atoms with Crippen LogP contribution >= 0.6 is 0 Å². The summed E-state index contributed by atoms with van der Waals surface area (Å²) in [6.45, 7) is 4.16.